The maximum atomic E-state index is 12.8. The van der Waals surface area contributed by atoms with Gasteiger partial charge in [0.25, 0.3) is 0 Å². The third kappa shape index (κ3) is 4.94. The summed E-state index contributed by atoms with van der Waals surface area (Å²) in [7, 11) is 0. The highest BCUT2D eigenvalue weighted by atomic mass is 16.5. The van der Waals surface area contributed by atoms with Gasteiger partial charge in [-0.15, -0.1) is 0 Å². The summed E-state index contributed by atoms with van der Waals surface area (Å²) in [5, 5.41) is 10.5. The largest absolute Gasteiger partial charge is 0.465 e. The fourth-order valence-corrected chi connectivity index (χ4v) is 4.04. The quantitative estimate of drug-likeness (QED) is 0.399. The molecule has 0 amide bonds. The first-order valence-electron chi connectivity index (χ1n) is 10.6. The maximum Gasteiger partial charge on any atom is 0.314 e. The molecule has 4 nitrogen and oxygen atoms in total. The van der Waals surface area contributed by atoms with Crippen molar-refractivity contribution in [1.29, 1.82) is 0 Å². The number of ether oxygens (including phenoxy) is 1. The monoisotopic (exact) mass is 393 g/mol. The third-order valence-electron chi connectivity index (χ3n) is 5.87. The summed E-state index contributed by atoms with van der Waals surface area (Å²) >= 11 is 0. The molecule has 1 fully saturated rings. The van der Waals surface area contributed by atoms with Crippen LogP contribution in [-0.2, 0) is 9.53 Å². The van der Waals surface area contributed by atoms with Crippen molar-refractivity contribution in [2.75, 3.05) is 6.61 Å². The molecule has 3 rings (SSSR count). The van der Waals surface area contributed by atoms with E-state index in [9.17, 15) is 9.90 Å². The second-order valence-corrected chi connectivity index (χ2v) is 7.93. The van der Waals surface area contributed by atoms with Crippen molar-refractivity contribution in [3.63, 3.8) is 0 Å². The van der Waals surface area contributed by atoms with Crippen molar-refractivity contribution >= 4 is 11.7 Å². The fourth-order valence-electron chi connectivity index (χ4n) is 4.04. The van der Waals surface area contributed by atoms with Crippen LogP contribution in [0.2, 0.25) is 0 Å². The maximum absolute atomic E-state index is 12.8. The Hall–Kier alpha value is -2.46. The molecule has 2 aromatic rings. The lowest BCUT2D eigenvalue weighted by Crippen LogP contribution is -2.40. The summed E-state index contributed by atoms with van der Waals surface area (Å²) in [6.45, 7) is 4.17. The minimum atomic E-state index is -0.861. The molecule has 1 N–H and O–H groups in total. The Morgan fingerprint density at radius 1 is 1.14 bits per heavy atom. The minimum Gasteiger partial charge on any atom is -0.465 e. The number of esters is 1. The smallest absolute Gasteiger partial charge is 0.314 e. The van der Waals surface area contributed by atoms with Crippen LogP contribution in [0, 0.1) is 5.41 Å². The van der Waals surface area contributed by atoms with Crippen LogP contribution >= 0.6 is 0 Å². The second kappa shape index (κ2) is 9.84. The highest BCUT2D eigenvalue weighted by molar-refractivity contribution is 6.13. The molecule has 0 spiro atoms. The van der Waals surface area contributed by atoms with Gasteiger partial charge in [0.2, 0.25) is 0 Å². The van der Waals surface area contributed by atoms with E-state index in [-0.39, 0.29) is 12.0 Å². The van der Waals surface area contributed by atoms with E-state index in [4.69, 9.17) is 9.73 Å². The topological polar surface area (TPSA) is 58.9 Å². The number of unbranched alkanes of at least 4 members (excludes halogenated alkanes) is 1. The first-order valence-corrected chi connectivity index (χ1v) is 10.6. The van der Waals surface area contributed by atoms with Gasteiger partial charge in [-0.3, -0.25) is 9.79 Å². The lowest BCUT2D eigenvalue weighted by atomic mass is 9.81. The minimum absolute atomic E-state index is 0.0289. The molecule has 1 saturated carbocycles. The number of benzene rings is 2. The van der Waals surface area contributed by atoms with E-state index in [1.54, 1.807) is 6.92 Å². The molecule has 0 aromatic heterocycles. The zero-order valence-electron chi connectivity index (χ0n) is 17.4. The summed E-state index contributed by atoms with van der Waals surface area (Å²) in [5.74, 6) is -0.278. The Morgan fingerprint density at radius 2 is 1.72 bits per heavy atom. The van der Waals surface area contributed by atoms with E-state index in [2.05, 4.69) is 31.2 Å². The second-order valence-electron chi connectivity index (χ2n) is 7.93. The molecule has 154 valence electrons. The molecule has 2 unspecified atom stereocenters. The standard InChI is InChI=1S/C25H31NO3/c1-3-4-17-29-24(28)25(19(2)27)16-15-22(18-25)26-23(20-11-7-5-8-12-20)21-13-9-6-10-14-21/h5-14,19,22,27H,3-4,15-18H2,1-2H3/t19?,22-,25?/m1/s1. The van der Waals surface area contributed by atoms with Gasteiger partial charge >= 0.3 is 5.97 Å². The number of rotatable bonds is 8. The Kier molecular flexibility index (Phi) is 7.21. The van der Waals surface area contributed by atoms with Gasteiger partial charge in [-0.05, 0) is 32.6 Å². The van der Waals surface area contributed by atoms with E-state index < -0.39 is 11.5 Å². The van der Waals surface area contributed by atoms with Crippen LogP contribution in [0.1, 0.15) is 57.1 Å². The van der Waals surface area contributed by atoms with Gasteiger partial charge in [-0.2, -0.15) is 0 Å². The molecule has 0 saturated heterocycles. The Morgan fingerprint density at radius 3 is 2.24 bits per heavy atom. The molecule has 2 aromatic carbocycles. The number of carbonyl (C=O) groups is 1. The van der Waals surface area contributed by atoms with Gasteiger partial charge in [0, 0.05) is 11.1 Å². The summed E-state index contributed by atoms with van der Waals surface area (Å²) < 4.78 is 5.51. The number of nitrogens with zero attached hydrogens (tertiary/aromatic N) is 1. The van der Waals surface area contributed by atoms with E-state index >= 15 is 0 Å². The zero-order valence-corrected chi connectivity index (χ0v) is 17.4. The normalized spacial score (nSPS) is 22.1. The van der Waals surface area contributed by atoms with E-state index in [1.807, 2.05) is 36.4 Å². The number of hydrogen-bond donors (Lipinski definition) is 1. The summed E-state index contributed by atoms with van der Waals surface area (Å²) in [4.78, 5) is 17.9. The van der Waals surface area contributed by atoms with E-state index in [0.717, 1.165) is 36.1 Å². The zero-order chi connectivity index (χ0) is 20.7. The molecule has 1 aliphatic rings. The predicted octanol–water partition coefficient (Wildman–Crippen LogP) is 4.79. The Labute approximate surface area is 173 Å². The van der Waals surface area contributed by atoms with Crippen LogP contribution in [0.25, 0.3) is 0 Å². The number of aliphatic imine (C=N–C) groups is 1. The van der Waals surface area contributed by atoms with Crippen LogP contribution < -0.4 is 0 Å². The van der Waals surface area contributed by atoms with Gasteiger partial charge in [0.1, 0.15) is 0 Å². The number of carbonyl (C=O) groups excluding carboxylic acids is 1. The Balaban J connectivity index is 1.87. The van der Waals surface area contributed by atoms with Crippen LogP contribution in [0.15, 0.2) is 65.7 Å². The lowest BCUT2D eigenvalue weighted by Gasteiger charge is -2.29. The summed E-state index contributed by atoms with van der Waals surface area (Å²) in [6.07, 6.45) is 2.93. The molecular weight excluding hydrogens is 362 g/mol. The van der Waals surface area contributed by atoms with Crippen molar-refractivity contribution in [2.24, 2.45) is 10.4 Å². The molecule has 0 aliphatic heterocycles. The van der Waals surface area contributed by atoms with Gasteiger partial charge in [-0.1, -0.05) is 74.0 Å². The molecular formula is C25H31NO3. The van der Waals surface area contributed by atoms with Crippen molar-refractivity contribution < 1.29 is 14.6 Å². The van der Waals surface area contributed by atoms with Crippen molar-refractivity contribution in [3.8, 4) is 0 Å². The average Bonchev–Trinajstić information content (AvgIpc) is 3.19. The van der Waals surface area contributed by atoms with E-state index in [0.29, 0.717) is 19.4 Å². The Bertz CT molecular complexity index is 775. The summed E-state index contributed by atoms with van der Waals surface area (Å²) in [5.41, 5.74) is 2.18. The predicted molar refractivity (Wildman–Crippen MR) is 116 cm³/mol. The molecule has 29 heavy (non-hydrogen) atoms. The average molecular weight is 394 g/mol. The number of hydrogen-bond acceptors (Lipinski definition) is 4. The first kappa shape index (κ1) is 21.3. The summed E-state index contributed by atoms with van der Waals surface area (Å²) in [6, 6.07) is 20.2. The van der Waals surface area contributed by atoms with Gasteiger partial charge in [0.15, 0.2) is 0 Å². The van der Waals surface area contributed by atoms with Crippen molar-refractivity contribution in [1.82, 2.24) is 0 Å². The van der Waals surface area contributed by atoms with Gasteiger partial charge < -0.3 is 9.84 Å². The number of aliphatic hydroxyl groups excluding tert-OH is 1. The third-order valence-corrected chi connectivity index (χ3v) is 5.87. The molecule has 0 bridgehead atoms. The molecule has 0 radical (unpaired) electrons. The van der Waals surface area contributed by atoms with Gasteiger partial charge in [0.05, 0.1) is 29.9 Å². The number of aliphatic hydroxyl groups is 1. The van der Waals surface area contributed by atoms with Gasteiger partial charge in [-0.25, -0.2) is 0 Å². The highest BCUT2D eigenvalue weighted by Gasteiger charge is 2.50. The van der Waals surface area contributed by atoms with Crippen molar-refractivity contribution in [3.05, 3.63) is 71.8 Å². The first-order chi connectivity index (χ1) is 14.1. The molecule has 0 heterocycles. The molecule has 4 heteroatoms. The van der Waals surface area contributed by atoms with Crippen molar-refractivity contribution in [2.45, 2.75) is 58.1 Å². The highest BCUT2D eigenvalue weighted by Crippen LogP contribution is 2.44. The molecule has 1 aliphatic carbocycles. The van der Waals surface area contributed by atoms with E-state index in [1.165, 1.54) is 0 Å². The van der Waals surface area contributed by atoms with Crippen LogP contribution in [-0.4, -0.2) is 35.5 Å². The molecule has 3 atom stereocenters. The van der Waals surface area contributed by atoms with Crippen LogP contribution in [0.3, 0.4) is 0 Å². The van der Waals surface area contributed by atoms with Crippen LogP contribution in [0.5, 0.6) is 0 Å². The van der Waals surface area contributed by atoms with Crippen LogP contribution in [0.4, 0.5) is 0 Å². The fraction of sp³-hybridized carbons (Fsp3) is 0.440. The lowest BCUT2D eigenvalue weighted by molar-refractivity contribution is -0.162. The SMILES string of the molecule is CCCCOC(=O)C1(C(C)O)CC[C@@H](N=C(c2ccccc2)c2ccccc2)C1.